The number of carbonyl (C=O) groups is 1. The van der Waals surface area contributed by atoms with Crippen LogP contribution in [0.3, 0.4) is 0 Å². The number of aromatic nitrogens is 2. The van der Waals surface area contributed by atoms with E-state index in [1.807, 2.05) is 0 Å². The van der Waals surface area contributed by atoms with Gasteiger partial charge in [0, 0.05) is 6.61 Å². The molecule has 1 amide bonds. The van der Waals surface area contributed by atoms with Gasteiger partial charge in [0.1, 0.15) is 6.10 Å². The molecule has 17 heavy (non-hydrogen) atoms. The first-order valence-electron chi connectivity index (χ1n) is 5.19. The number of rotatable bonds is 3. The van der Waals surface area contributed by atoms with E-state index >= 15 is 0 Å². The zero-order valence-electron chi connectivity index (χ0n) is 9.27. The normalized spacial score (nSPS) is 19.1. The van der Waals surface area contributed by atoms with Gasteiger partial charge < -0.3 is 14.8 Å². The fourth-order valence-corrected chi connectivity index (χ4v) is 1.70. The van der Waals surface area contributed by atoms with Crippen molar-refractivity contribution < 1.29 is 14.3 Å². The summed E-state index contributed by atoms with van der Waals surface area (Å²) < 4.78 is 10.3. The van der Waals surface area contributed by atoms with Crippen LogP contribution in [-0.2, 0) is 9.53 Å². The fourth-order valence-electron chi connectivity index (χ4n) is 1.57. The van der Waals surface area contributed by atoms with Gasteiger partial charge in [-0.3, -0.25) is 4.79 Å². The molecule has 7 heteroatoms. The lowest BCUT2D eigenvalue weighted by Crippen LogP contribution is -2.27. The lowest BCUT2D eigenvalue weighted by Gasteiger charge is -2.11. The van der Waals surface area contributed by atoms with Crippen molar-refractivity contribution in [2.45, 2.75) is 18.9 Å². The number of methoxy groups -OCH3 is 1. The molecule has 1 saturated heterocycles. The van der Waals surface area contributed by atoms with Gasteiger partial charge in [0.15, 0.2) is 11.6 Å². The van der Waals surface area contributed by atoms with Gasteiger partial charge in [-0.1, -0.05) is 0 Å². The van der Waals surface area contributed by atoms with Gasteiger partial charge in [-0.2, -0.15) is 4.98 Å². The quantitative estimate of drug-likeness (QED) is 0.825. The summed E-state index contributed by atoms with van der Waals surface area (Å²) in [5, 5.41) is 2.67. The number of ether oxygens (including phenoxy) is 2. The molecular formula is C10H12ClN3O3. The summed E-state index contributed by atoms with van der Waals surface area (Å²) in [6, 6.07) is 0. The fraction of sp³-hybridized carbons (Fsp3) is 0.500. The molecule has 0 unspecified atom stereocenters. The van der Waals surface area contributed by atoms with Crippen LogP contribution in [0.25, 0.3) is 0 Å². The SMILES string of the molecule is COc1cnc(Cl)nc1NC(=O)[C@H]1CCCO1. The molecule has 1 aliphatic heterocycles. The monoisotopic (exact) mass is 257 g/mol. The zero-order valence-corrected chi connectivity index (χ0v) is 10.0. The van der Waals surface area contributed by atoms with Gasteiger partial charge in [-0.25, -0.2) is 4.98 Å². The molecule has 2 rings (SSSR count). The molecule has 0 radical (unpaired) electrons. The molecule has 0 bridgehead atoms. The minimum absolute atomic E-state index is 0.0495. The molecule has 92 valence electrons. The van der Waals surface area contributed by atoms with Gasteiger partial charge in [-0.15, -0.1) is 0 Å². The first-order chi connectivity index (χ1) is 8.20. The second-order valence-corrected chi connectivity index (χ2v) is 3.88. The third-order valence-corrected chi connectivity index (χ3v) is 2.59. The highest BCUT2D eigenvalue weighted by Crippen LogP contribution is 2.23. The third-order valence-electron chi connectivity index (χ3n) is 2.41. The van der Waals surface area contributed by atoms with Crippen molar-refractivity contribution in [1.82, 2.24) is 9.97 Å². The van der Waals surface area contributed by atoms with Crippen LogP contribution in [0.2, 0.25) is 5.28 Å². The molecule has 1 aromatic heterocycles. The standard InChI is InChI=1S/C10H12ClN3O3/c1-16-7-5-12-10(11)14-8(7)13-9(15)6-3-2-4-17-6/h5-6H,2-4H2,1H3,(H,12,13,14,15)/t6-/m1/s1. The number of nitrogens with one attached hydrogen (secondary N) is 1. The summed E-state index contributed by atoms with van der Waals surface area (Å²) >= 11 is 5.66. The maximum absolute atomic E-state index is 11.8. The molecule has 2 heterocycles. The number of anilines is 1. The van der Waals surface area contributed by atoms with E-state index in [1.54, 1.807) is 0 Å². The second-order valence-electron chi connectivity index (χ2n) is 3.55. The smallest absolute Gasteiger partial charge is 0.254 e. The van der Waals surface area contributed by atoms with Crippen molar-refractivity contribution in [3.63, 3.8) is 0 Å². The topological polar surface area (TPSA) is 73.3 Å². The predicted molar refractivity (Wildman–Crippen MR) is 61.2 cm³/mol. The third kappa shape index (κ3) is 2.83. The van der Waals surface area contributed by atoms with E-state index in [0.717, 1.165) is 6.42 Å². The Kier molecular flexibility index (Phi) is 3.75. The Morgan fingerprint density at radius 3 is 3.18 bits per heavy atom. The van der Waals surface area contributed by atoms with Crippen molar-refractivity contribution in [3.05, 3.63) is 11.5 Å². The molecule has 1 fully saturated rings. The van der Waals surface area contributed by atoms with Crippen LogP contribution < -0.4 is 10.1 Å². The molecular weight excluding hydrogens is 246 g/mol. The van der Waals surface area contributed by atoms with Crippen molar-refractivity contribution >= 4 is 23.3 Å². The Morgan fingerprint density at radius 1 is 1.71 bits per heavy atom. The van der Waals surface area contributed by atoms with Gasteiger partial charge in [0.05, 0.1) is 13.3 Å². The molecule has 0 spiro atoms. The molecule has 1 N–H and O–H groups in total. The maximum Gasteiger partial charge on any atom is 0.254 e. The summed E-state index contributed by atoms with van der Waals surface area (Å²) in [6.45, 7) is 0.611. The average Bonchev–Trinajstić information content (AvgIpc) is 2.83. The van der Waals surface area contributed by atoms with Crippen LogP contribution in [0.4, 0.5) is 5.82 Å². The van der Waals surface area contributed by atoms with Crippen LogP contribution in [0, 0.1) is 0 Å². The predicted octanol–water partition coefficient (Wildman–Crippen LogP) is 1.26. The van der Waals surface area contributed by atoms with Crippen molar-refractivity contribution in [2.75, 3.05) is 19.0 Å². The Labute approximate surface area is 103 Å². The first-order valence-corrected chi connectivity index (χ1v) is 5.57. The van der Waals surface area contributed by atoms with Crippen LogP contribution in [0.1, 0.15) is 12.8 Å². The Hall–Kier alpha value is -1.40. The number of amides is 1. The van der Waals surface area contributed by atoms with E-state index in [9.17, 15) is 4.79 Å². The number of hydrogen-bond donors (Lipinski definition) is 1. The molecule has 6 nitrogen and oxygen atoms in total. The highest BCUT2D eigenvalue weighted by molar-refractivity contribution is 6.28. The van der Waals surface area contributed by atoms with E-state index in [4.69, 9.17) is 21.1 Å². The summed E-state index contributed by atoms with van der Waals surface area (Å²) in [4.78, 5) is 19.5. The molecule has 0 aromatic carbocycles. The number of hydrogen-bond acceptors (Lipinski definition) is 5. The summed E-state index contributed by atoms with van der Waals surface area (Å²) in [6.07, 6.45) is 2.58. The van der Waals surface area contributed by atoms with E-state index in [0.29, 0.717) is 18.8 Å². The largest absolute Gasteiger partial charge is 0.491 e. The van der Waals surface area contributed by atoms with Crippen molar-refractivity contribution in [3.8, 4) is 5.75 Å². The first kappa shape index (κ1) is 12.1. The van der Waals surface area contributed by atoms with E-state index in [1.165, 1.54) is 13.3 Å². The zero-order chi connectivity index (χ0) is 12.3. The lowest BCUT2D eigenvalue weighted by molar-refractivity contribution is -0.124. The van der Waals surface area contributed by atoms with Crippen LogP contribution in [-0.4, -0.2) is 35.7 Å². The molecule has 1 aliphatic rings. The van der Waals surface area contributed by atoms with Crippen LogP contribution in [0.15, 0.2) is 6.20 Å². The molecule has 1 aromatic rings. The second kappa shape index (κ2) is 5.29. The van der Waals surface area contributed by atoms with Crippen molar-refractivity contribution in [2.24, 2.45) is 0 Å². The summed E-state index contributed by atoms with van der Waals surface area (Å²) in [5.41, 5.74) is 0. The van der Waals surface area contributed by atoms with Gasteiger partial charge in [0.25, 0.3) is 5.91 Å². The van der Waals surface area contributed by atoms with Crippen LogP contribution >= 0.6 is 11.6 Å². The lowest BCUT2D eigenvalue weighted by atomic mass is 10.2. The van der Waals surface area contributed by atoms with Gasteiger partial charge >= 0.3 is 0 Å². The summed E-state index contributed by atoms with van der Waals surface area (Å²) in [5.74, 6) is 0.379. The highest BCUT2D eigenvalue weighted by atomic mass is 35.5. The van der Waals surface area contributed by atoms with E-state index in [-0.39, 0.29) is 17.0 Å². The average molecular weight is 258 g/mol. The number of nitrogens with zero attached hydrogens (tertiary/aromatic N) is 2. The number of halogens is 1. The highest BCUT2D eigenvalue weighted by Gasteiger charge is 2.24. The minimum Gasteiger partial charge on any atom is -0.491 e. The van der Waals surface area contributed by atoms with E-state index < -0.39 is 6.10 Å². The van der Waals surface area contributed by atoms with E-state index in [2.05, 4.69) is 15.3 Å². The van der Waals surface area contributed by atoms with Crippen LogP contribution in [0.5, 0.6) is 5.75 Å². The molecule has 0 aliphatic carbocycles. The van der Waals surface area contributed by atoms with Gasteiger partial charge in [-0.05, 0) is 24.4 Å². The minimum atomic E-state index is -0.423. The maximum atomic E-state index is 11.8. The van der Waals surface area contributed by atoms with Crippen molar-refractivity contribution in [1.29, 1.82) is 0 Å². The molecule has 0 saturated carbocycles. The number of carbonyl (C=O) groups excluding carboxylic acids is 1. The Bertz CT molecular complexity index is 421. The van der Waals surface area contributed by atoms with Gasteiger partial charge in [0.2, 0.25) is 5.28 Å². The molecule has 1 atom stereocenters. The summed E-state index contributed by atoms with van der Waals surface area (Å²) in [7, 11) is 1.47. The Morgan fingerprint density at radius 2 is 2.53 bits per heavy atom. The Balaban J connectivity index is 2.11.